The maximum Gasteiger partial charge on any atom is 0.343 e. The van der Waals surface area contributed by atoms with Crippen LogP contribution >= 0.6 is 15.9 Å². The van der Waals surface area contributed by atoms with Gasteiger partial charge in [0.1, 0.15) is 11.6 Å². The standard InChI is InChI=1S/C22H13BrFNO5/c23-16-7-11-21(30-22(27)15-2-1-3-18(12-15)25(28)29)19(13-16)20(26)10-6-14-4-8-17(24)9-5-14/h1-13H/b10-6+. The topological polar surface area (TPSA) is 86.5 Å². The number of halogens is 2. The highest BCUT2D eigenvalue weighted by Crippen LogP contribution is 2.26. The first kappa shape index (κ1) is 21.1. The van der Waals surface area contributed by atoms with E-state index in [0.717, 1.165) is 6.07 Å². The first-order valence-corrected chi connectivity index (χ1v) is 9.37. The summed E-state index contributed by atoms with van der Waals surface area (Å²) in [4.78, 5) is 35.4. The second-order valence-corrected chi connectivity index (χ2v) is 7.00. The highest BCUT2D eigenvalue weighted by atomic mass is 79.9. The lowest BCUT2D eigenvalue weighted by atomic mass is 10.1. The van der Waals surface area contributed by atoms with E-state index in [1.165, 1.54) is 66.7 Å². The fourth-order valence-electron chi connectivity index (χ4n) is 2.52. The van der Waals surface area contributed by atoms with Gasteiger partial charge >= 0.3 is 5.97 Å². The molecule has 0 aliphatic rings. The molecular weight excluding hydrogens is 457 g/mol. The van der Waals surface area contributed by atoms with Gasteiger partial charge in [-0.15, -0.1) is 0 Å². The van der Waals surface area contributed by atoms with E-state index in [1.807, 2.05) is 0 Å². The smallest absolute Gasteiger partial charge is 0.343 e. The Hall–Kier alpha value is -3.65. The molecule has 0 saturated carbocycles. The van der Waals surface area contributed by atoms with Crippen LogP contribution in [0.3, 0.4) is 0 Å². The number of carbonyl (C=O) groups excluding carboxylic acids is 2. The van der Waals surface area contributed by atoms with E-state index >= 15 is 0 Å². The molecule has 8 heteroatoms. The molecule has 0 bridgehead atoms. The highest BCUT2D eigenvalue weighted by Gasteiger charge is 2.17. The van der Waals surface area contributed by atoms with Gasteiger partial charge in [-0.3, -0.25) is 14.9 Å². The Morgan fingerprint density at radius 2 is 1.77 bits per heavy atom. The zero-order chi connectivity index (χ0) is 21.7. The number of ether oxygens (including phenoxy) is 1. The molecule has 0 aliphatic heterocycles. The lowest BCUT2D eigenvalue weighted by Gasteiger charge is -2.09. The van der Waals surface area contributed by atoms with E-state index in [-0.39, 0.29) is 28.4 Å². The maximum absolute atomic E-state index is 13.0. The van der Waals surface area contributed by atoms with E-state index in [0.29, 0.717) is 10.0 Å². The van der Waals surface area contributed by atoms with E-state index in [9.17, 15) is 24.1 Å². The lowest BCUT2D eigenvalue weighted by molar-refractivity contribution is -0.384. The molecule has 0 N–H and O–H groups in total. The number of esters is 1. The minimum atomic E-state index is -0.836. The van der Waals surface area contributed by atoms with E-state index in [1.54, 1.807) is 6.07 Å². The van der Waals surface area contributed by atoms with Gasteiger partial charge in [-0.25, -0.2) is 9.18 Å². The summed E-state index contributed by atoms with van der Waals surface area (Å²) >= 11 is 3.27. The van der Waals surface area contributed by atoms with Gasteiger partial charge in [0, 0.05) is 16.6 Å². The summed E-state index contributed by atoms with van der Waals surface area (Å²) in [5.74, 6) is -1.66. The first-order chi connectivity index (χ1) is 14.3. The van der Waals surface area contributed by atoms with Crippen LogP contribution in [-0.4, -0.2) is 16.7 Å². The molecule has 0 spiro atoms. The van der Waals surface area contributed by atoms with Crippen LogP contribution in [-0.2, 0) is 0 Å². The van der Waals surface area contributed by atoms with Crippen LogP contribution in [0.2, 0.25) is 0 Å². The molecule has 3 aromatic rings. The van der Waals surface area contributed by atoms with Gasteiger partial charge in [0.2, 0.25) is 0 Å². The lowest BCUT2D eigenvalue weighted by Crippen LogP contribution is -2.11. The summed E-state index contributed by atoms with van der Waals surface area (Å²) in [5.41, 5.74) is 0.461. The minimum Gasteiger partial charge on any atom is -0.422 e. The second kappa shape index (κ2) is 9.23. The Bertz CT molecular complexity index is 1160. The van der Waals surface area contributed by atoms with Crippen molar-refractivity contribution in [2.75, 3.05) is 0 Å². The summed E-state index contributed by atoms with van der Waals surface area (Å²) in [6, 6.07) is 15.2. The SMILES string of the molecule is O=C(Oc1ccc(Br)cc1C(=O)/C=C/c1ccc(F)cc1)c1cccc([N+](=O)[O-])c1. The van der Waals surface area contributed by atoms with Gasteiger partial charge in [-0.05, 0) is 48.0 Å². The number of hydrogen-bond acceptors (Lipinski definition) is 5. The minimum absolute atomic E-state index is 0.00321. The van der Waals surface area contributed by atoms with Crippen molar-refractivity contribution < 1.29 is 23.6 Å². The van der Waals surface area contributed by atoms with E-state index in [2.05, 4.69) is 15.9 Å². The van der Waals surface area contributed by atoms with Crippen LogP contribution in [0.1, 0.15) is 26.3 Å². The van der Waals surface area contributed by atoms with Gasteiger partial charge in [0.15, 0.2) is 5.78 Å². The molecule has 150 valence electrons. The molecular formula is C22H13BrFNO5. The van der Waals surface area contributed by atoms with Gasteiger partial charge < -0.3 is 4.74 Å². The molecule has 0 aromatic heterocycles. The van der Waals surface area contributed by atoms with Crippen molar-refractivity contribution in [3.8, 4) is 5.75 Å². The Morgan fingerprint density at radius 3 is 2.47 bits per heavy atom. The average molecular weight is 470 g/mol. The highest BCUT2D eigenvalue weighted by molar-refractivity contribution is 9.10. The maximum atomic E-state index is 13.0. The Balaban J connectivity index is 1.85. The number of hydrogen-bond donors (Lipinski definition) is 0. The van der Waals surface area contributed by atoms with Crippen LogP contribution in [0.25, 0.3) is 6.08 Å². The summed E-state index contributed by atoms with van der Waals surface area (Å²) in [6.45, 7) is 0. The van der Waals surface area contributed by atoms with Gasteiger partial charge in [0.25, 0.3) is 5.69 Å². The quantitative estimate of drug-likeness (QED) is 0.117. The van der Waals surface area contributed by atoms with Gasteiger partial charge in [0.05, 0.1) is 16.1 Å². The number of rotatable bonds is 6. The molecule has 0 atom stereocenters. The fraction of sp³-hybridized carbons (Fsp3) is 0. The summed E-state index contributed by atoms with van der Waals surface area (Å²) in [5, 5.41) is 10.9. The van der Waals surface area contributed by atoms with Crippen molar-refractivity contribution in [1.29, 1.82) is 0 Å². The zero-order valence-corrected chi connectivity index (χ0v) is 16.8. The molecule has 30 heavy (non-hydrogen) atoms. The van der Waals surface area contributed by atoms with Crippen molar-refractivity contribution in [3.63, 3.8) is 0 Å². The Kier molecular flexibility index (Phi) is 6.48. The largest absolute Gasteiger partial charge is 0.422 e. The molecule has 0 saturated heterocycles. The van der Waals surface area contributed by atoms with Crippen molar-refractivity contribution in [2.45, 2.75) is 0 Å². The normalized spacial score (nSPS) is 10.7. The van der Waals surface area contributed by atoms with Gasteiger partial charge in [-0.2, -0.15) is 0 Å². The van der Waals surface area contributed by atoms with Crippen LogP contribution in [0.4, 0.5) is 10.1 Å². The number of ketones is 1. The first-order valence-electron chi connectivity index (χ1n) is 8.57. The van der Waals surface area contributed by atoms with Crippen molar-refractivity contribution >= 4 is 39.4 Å². The summed E-state index contributed by atoms with van der Waals surface area (Å²) in [7, 11) is 0. The Morgan fingerprint density at radius 1 is 1.03 bits per heavy atom. The third kappa shape index (κ3) is 5.24. The molecule has 0 radical (unpaired) electrons. The van der Waals surface area contributed by atoms with Crippen molar-refractivity contribution in [1.82, 2.24) is 0 Å². The van der Waals surface area contributed by atoms with E-state index in [4.69, 9.17) is 4.74 Å². The predicted octanol–water partition coefficient (Wildman–Crippen LogP) is 5.61. The summed E-state index contributed by atoms with van der Waals surface area (Å²) in [6.07, 6.45) is 2.79. The third-order valence-electron chi connectivity index (χ3n) is 4.00. The molecule has 0 unspecified atom stereocenters. The third-order valence-corrected chi connectivity index (χ3v) is 4.49. The molecule has 6 nitrogen and oxygen atoms in total. The molecule has 3 rings (SSSR count). The van der Waals surface area contributed by atoms with Crippen LogP contribution in [0, 0.1) is 15.9 Å². The average Bonchev–Trinajstić information content (AvgIpc) is 2.74. The number of nitro benzene ring substituents is 1. The molecule has 0 amide bonds. The van der Waals surface area contributed by atoms with Crippen molar-refractivity contribution in [3.05, 3.63) is 110 Å². The number of benzene rings is 3. The van der Waals surface area contributed by atoms with Crippen LogP contribution < -0.4 is 4.74 Å². The van der Waals surface area contributed by atoms with Gasteiger partial charge in [-0.1, -0.05) is 40.2 Å². The molecule has 0 aliphatic carbocycles. The van der Waals surface area contributed by atoms with Crippen LogP contribution in [0.5, 0.6) is 5.75 Å². The Labute approximate surface area is 178 Å². The zero-order valence-electron chi connectivity index (χ0n) is 15.2. The number of nitrogens with zero attached hydrogens (tertiary/aromatic N) is 1. The number of carbonyl (C=O) groups is 2. The fourth-order valence-corrected chi connectivity index (χ4v) is 2.89. The molecule has 3 aromatic carbocycles. The van der Waals surface area contributed by atoms with Crippen LogP contribution in [0.15, 0.2) is 77.3 Å². The van der Waals surface area contributed by atoms with Crippen molar-refractivity contribution in [2.24, 2.45) is 0 Å². The number of nitro groups is 1. The predicted molar refractivity (Wildman–Crippen MR) is 112 cm³/mol. The second-order valence-electron chi connectivity index (χ2n) is 6.09. The summed E-state index contributed by atoms with van der Waals surface area (Å²) < 4.78 is 18.9. The molecule has 0 heterocycles. The monoisotopic (exact) mass is 469 g/mol. The number of allylic oxidation sites excluding steroid dienone is 1. The van der Waals surface area contributed by atoms with E-state index < -0.39 is 16.7 Å². The molecule has 0 fully saturated rings. The number of non-ortho nitro benzene ring substituents is 1.